The van der Waals surface area contributed by atoms with Crippen LogP contribution in [0.4, 0.5) is 4.39 Å². The summed E-state index contributed by atoms with van der Waals surface area (Å²) in [7, 11) is 0. The van der Waals surface area contributed by atoms with Crippen LogP contribution in [0.2, 0.25) is 0 Å². The molecule has 0 saturated carbocycles. The molecule has 1 aliphatic rings. The highest BCUT2D eigenvalue weighted by Crippen LogP contribution is 2.31. The van der Waals surface area contributed by atoms with Gasteiger partial charge in [0.05, 0.1) is 17.5 Å². The number of aromatic nitrogens is 1. The molecule has 4 nitrogen and oxygen atoms in total. The minimum Gasteiger partial charge on any atom is -0.381 e. The Morgan fingerprint density at radius 2 is 2.08 bits per heavy atom. The van der Waals surface area contributed by atoms with Crippen LogP contribution in [0, 0.1) is 23.1 Å². The zero-order valence-corrected chi connectivity index (χ0v) is 22.4. The van der Waals surface area contributed by atoms with Crippen LogP contribution in [0.3, 0.4) is 0 Å². The fourth-order valence-electron chi connectivity index (χ4n) is 4.49. The highest BCUT2D eigenvalue weighted by atomic mass is 19.1. The van der Waals surface area contributed by atoms with E-state index < -0.39 is 0 Å². The standard InChI is InChI=1S/C33H37FN4/c1-5-6-13-27(20-35)24(3)22-37-25(4)29-17-18-33(30-15-7-10-23(2)31(30)21-36)38-32(29)16-9-12-26-11-8-14-28(34)19-26/h5-8,11,13-15,17-19,23,37H,3-4,9-10,12,16,20,22,35H2,1-2H3/b6-5-,27-13-. The number of aryl methyl sites for hydroxylation is 2. The Labute approximate surface area is 226 Å². The second-order valence-electron chi connectivity index (χ2n) is 9.51. The van der Waals surface area contributed by atoms with Crippen molar-refractivity contribution in [3.05, 3.63) is 125 Å². The lowest BCUT2D eigenvalue weighted by atomic mass is 9.87. The lowest BCUT2D eigenvalue weighted by Crippen LogP contribution is -2.19. The number of rotatable bonds is 12. The van der Waals surface area contributed by atoms with Crippen LogP contribution in [-0.2, 0) is 12.8 Å². The first-order chi connectivity index (χ1) is 18.4. The Morgan fingerprint density at radius 1 is 1.26 bits per heavy atom. The molecule has 1 aromatic carbocycles. The van der Waals surface area contributed by atoms with Gasteiger partial charge in [-0.25, -0.2) is 4.39 Å². The molecule has 1 unspecified atom stereocenters. The second-order valence-corrected chi connectivity index (χ2v) is 9.51. The number of benzene rings is 1. The van der Waals surface area contributed by atoms with Gasteiger partial charge < -0.3 is 11.1 Å². The average Bonchev–Trinajstić information content (AvgIpc) is 2.92. The van der Waals surface area contributed by atoms with E-state index in [1.165, 1.54) is 6.07 Å². The Bertz CT molecular complexity index is 1340. The molecule has 1 atom stereocenters. The zero-order valence-electron chi connectivity index (χ0n) is 22.4. The van der Waals surface area contributed by atoms with Crippen LogP contribution < -0.4 is 11.1 Å². The van der Waals surface area contributed by atoms with Gasteiger partial charge in [0.25, 0.3) is 0 Å². The summed E-state index contributed by atoms with van der Waals surface area (Å²) in [6.07, 6.45) is 13.0. The number of nitrogens with one attached hydrogen (secondary N) is 1. The maximum atomic E-state index is 13.7. The maximum Gasteiger partial charge on any atom is 0.123 e. The fraction of sp³-hybridized carbons (Fsp3) is 0.273. The zero-order chi connectivity index (χ0) is 27.5. The number of nitrogens with two attached hydrogens (primary N) is 1. The van der Waals surface area contributed by atoms with Gasteiger partial charge in [-0.3, -0.25) is 4.98 Å². The molecule has 0 spiro atoms. The number of hydrogen-bond donors (Lipinski definition) is 2. The summed E-state index contributed by atoms with van der Waals surface area (Å²) in [6.45, 7) is 13.4. The number of hydrogen-bond acceptors (Lipinski definition) is 4. The summed E-state index contributed by atoms with van der Waals surface area (Å²) in [6, 6.07) is 13.1. The number of nitriles is 1. The van der Waals surface area contributed by atoms with Crippen molar-refractivity contribution in [1.29, 1.82) is 5.26 Å². The minimum atomic E-state index is -0.226. The summed E-state index contributed by atoms with van der Waals surface area (Å²) in [5.74, 6) is -0.0662. The van der Waals surface area contributed by atoms with Crippen LogP contribution >= 0.6 is 0 Å². The van der Waals surface area contributed by atoms with E-state index in [0.29, 0.717) is 19.5 Å². The van der Waals surface area contributed by atoms with Crippen LogP contribution in [0.5, 0.6) is 0 Å². The van der Waals surface area contributed by atoms with Crippen molar-refractivity contribution in [1.82, 2.24) is 10.3 Å². The van der Waals surface area contributed by atoms with Crippen molar-refractivity contribution in [3.63, 3.8) is 0 Å². The summed E-state index contributed by atoms with van der Waals surface area (Å²) in [5.41, 5.74) is 13.7. The minimum absolute atomic E-state index is 0.160. The molecule has 0 amide bonds. The fourth-order valence-corrected chi connectivity index (χ4v) is 4.49. The Morgan fingerprint density at radius 3 is 2.79 bits per heavy atom. The molecule has 5 heteroatoms. The smallest absolute Gasteiger partial charge is 0.123 e. The molecule has 1 heterocycles. The molecule has 1 aliphatic carbocycles. The quantitative estimate of drug-likeness (QED) is 0.308. The van der Waals surface area contributed by atoms with E-state index in [1.54, 1.807) is 12.1 Å². The van der Waals surface area contributed by atoms with E-state index in [-0.39, 0.29) is 11.7 Å². The summed E-state index contributed by atoms with van der Waals surface area (Å²) in [5, 5.41) is 13.2. The van der Waals surface area contributed by atoms with Crippen LogP contribution in [0.25, 0.3) is 11.3 Å². The van der Waals surface area contributed by atoms with Gasteiger partial charge in [0.1, 0.15) is 5.82 Å². The molecule has 0 saturated heterocycles. The molecular weight excluding hydrogens is 471 g/mol. The highest BCUT2D eigenvalue weighted by Gasteiger charge is 2.19. The van der Waals surface area contributed by atoms with Gasteiger partial charge in [-0.15, -0.1) is 0 Å². The number of pyridine rings is 1. The number of nitrogens with zero attached hydrogens (tertiary/aromatic N) is 2. The molecule has 3 N–H and O–H groups in total. The normalized spacial score (nSPS) is 15.6. The van der Waals surface area contributed by atoms with Crippen molar-refractivity contribution in [2.45, 2.75) is 39.5 Å². The predicted octanol–water partition coefficient (Wildman–Crippen LogP) is 6.85. The van der Waals surface area contributed by atoms with Crippen LogP contribution in [0.15, 0.2) is 96.7 Å². The SMILES string of the molecule is C=C(CNC(=C)c1ccc(C2=C(C#N)C(C)CC=C2)nc1CCCc1cccc(F)c1)/C(=C\C=C/C)CN. The number of halogens is 1. The molecule has 0 radical (unpaired) electrons. The van der Waals surface area contributed by atoms with E-state index in [1.807, 2.05) is 49.4 Å². The van der Waals surface area contributed by atoms with Crippen LogP contribution in [-0.4, -0.2) is 18.1 Å². The maximum absolute atomic E-state index is 13.7. The molecule has 3 rings (SSSR count). The monoisotopic (exact) mass is 508 g/mol. The second kappa shape index (κ2) is 14.1. The molecule has 0 bridgehead atoms. The van der Waals surface area contributed by atoms with Gasteiger partial charge in [0.2, 0.25) is 0 Å². The largest absolute Gasteiger partial charge is 0.381 e. The van der Waals surface area contributed by atoms with Gasteiger partial charge in [-0.2, -0.15) is 5.26 Å². The number of allylic oxidation sites excluding steroid dienone is 7. The third-order valence-corrected chi connectivity index (χ3v) is 6.70. The lowest BCUT2D eigenvalue weighted by Gasteiger charge is -2.19. The first-order valence-corrected chi connectivity index (χ1v) is 13.1. The summed E-state index contributed by atoms with van der Waals surface area (Å²) < 4.78 is 13.7. The topological polar surface area (TPSA) is 74.7 Å². The van der Waals surface area contributed by atoms with Crippen molar-refractivity contribution < 1.29 is 4.39 Å². The molecule has 196 valence electrons. The summed E-state index contributed by atoms with van der Waals surface area (Å²) >= 11 is 0. The van der Waals surface area contributed by atoms with E-state index in [0.717, 1.165) is 69.8 Å². The Hall–Kier alpha value is -4.01. The Kier molecular flexibility index (Phi) is 10.6. The first kappa shape index (κ1) is 28.6. The van der Waals surface area contributed by atoms with Crippen molar-refractivity contribution >= 4 is 11.3 Å². The van der Waals surface area contributed by atoms with Crippen LogP contribution in [0.1, 0.15) is 49.2 Å². The Balaban J connectivity index is 1.86. The third-order valence-electron chi connectivity index (χ3n) is 6.70. The molecule has 38 heavy (non-hydrogen) atoms. The lowest BCUT2D eigenvalue weighted by molar-refractivity contribution is 0.624. The van der Waals surface area contributed by atoms with E-state index >= 15 is 0 Å². The van der Waals surface area contributed by atoms with Gasteiger partial charge in [-0.1, -0.05) is 62.6 Å². The third kappa shape index (κ3) is 7.50. The van der Waals surface area contributed by atoms with Crippen molar-refractivity contribution in [2.75, 3.05) is 13.1 Å². The predicted molar refractivity (Wildman–Crippen MR) is 156 cm³/mol. The molecule has 0 fully saturated rings. The van der Waals surface area contributed by atoms with Gasteiger partial charge in [-0.05, 0) is 79.5 Å². The van der Waals surface area contributed by atoms with Crippen molar-refractivity contribution in [2.24, 2.45) is 11.7 Å². The first-order valence-electron chi connectivity index (χ1n) is 13.1. The highest BCUT2D eigenvalue weighted by molar-refractivity contribution is 5.79. The van der Waals surface area contributed by atoms with Crippen molar-refractivity contribution in [3.8, 4) is 6.07 Å². The van der Waals surface area contributed by atoms with Gasteiger partial charge in [0.15, 0.2) is 0 Å². The molecule has 0 aliphatic heterocycles. The summed E-state index contributed by atoms with van der Waals surface area (Å²) in [4.78, 5) is 5.02. The van der Waals surface area contributed by atoms with Gasteiger partial charge >= 0.3 is 0 Å². The molecular formula is C33H37FN4. The van der Waals surface area contributed by atoms with E-state index in [2.05, 4.69) is 37.5 Å². The average molecular weight is 509 g/mol. The van der Waals surface area contributed by atoms with E-state index in [4.69, 9.17) is 10.7 Å². The molecule has 2 aromatic rings. The van der Waals surface area contributed by atoms with E-state index in [9.17, 15) is 9.65 Å². The van der Waals surface area contributed by atoms with Gasteiger partial charge in [0, 0.05) is 35.5 Å². The molecule has 1 aromatic heterocycles.